The summed E-state index contributed by atoms with van der Waals surface area (Å²) in [5.41, 5.74) is 4.04. The van der Waals surface area contributed by atoms with Gasteiger partial charge in [0.1, 0.15) is 6.04 Å². The lowest BCUT2D eigenvalue weighted by Crippen LogP contribution is -2.49. The Morgan fingerprint density at radius 3 is 2.72 bits per heavy atom. The number of fused-ring (bicyclic) bond motifs is 2. The number of carbonyl (C=O) groups is 3. The van der Waals surface area contributed by atoms with Gasteiger partial charge in [-0.05, 0) is 42.0 Å². The summed E-state index contributed by atoms with van der Waals surface area (Å²) < 4.78 is 0. The largest absolute Gasteiger partial charge is 0.480 e. The van der Waals surface area contributed by atoms with E-state index in [0.29, 0.717) is 0 Å². The standard InChI is InChI=1S/C24H26N4O4/c29-22(27-20-11-5-7-15-6-1-2-8-17(15)20)14-26-24(32)28-21(23(30)31)12-16-13-25-19-10-4-3-9-18(16)19/h1-4,6,8-10,13,20-21,25H,5,7,11-12,14H2,(H,27,29)(H,30,31)(H2,26,28,32)/t20-,21+/m0/s1. The van der Waals surface area contributed by atoms with Crippen LogP contribution >= 0.6 is 0 Å². The molecule has 32 heavy (non-hydrogen) atoms. The molecule has 4 rings (SSSR count). The summed E-state index contributed by atoms with van der Waals surface area (Å²) in [6, 6.07) is 13.7. The molecule has 0 saturated heterocycles. The van der Waals surface area contributed by atoms with Crippen LogP contribution in [0.2, 0.25) is 0 Å². The highest BCUT2D eigenvalue weighted by Gasteiger charge is 2.24. The van der Waals surface area contributed by atoms with E-state index in [0.717, 1.165) is 41.3 Å². The van der Waals surface area contributed by atoms with Crippen LogP contribution in [-0.2, 0) is 22.4 Å². The summed E-state index contributed by atoms with van der Waals surface area (Å²) in [5.74, 6) is -1.46. The number of H-pyrrole nitrogens is 1. The van der Waals surface area contributed by atoms with Gasteiger partial charge in [-0.2, -0.15) is 0 Å². The number of nitrogens with one attached hydrogen (secondary N) is 4. The minimum Gasteiger partial charge on any atom is -0.480 e. The quantitative estimate of drug-likeness (QED) is 0.392. The van der Waals surface area contributed by atoms with E-state index in [2.05, 4.69) is 27.0 Å². The van der Waals surface area contributed by atoms with E-state index in [-0.39, 0.29) is 24.9 Å². The highest BCUT2D eigenvalue weighted by molar-refractivity contribution is 5.88. The average molecular weight is 434 g/mol. The zero-order valence-electron chi connectivity index (χ0n) is 17.6. The van der Waals surface area contributed by atoms with E-state index in [1.54, 1.807) is 6.20 Å². The molecule has 3 aromatic rings. The van der Waals surface area contributed by atoms with Gasteiger partial charge in [0.25, 0.3) is 0 Å². The molecule has 166 valence electrons. The van der Waals surface area contributed by atoms with Crippen molar-refractivity contribution in [3.8, 4) is 0 Å². The Morgan fingerprint density at radius 1 is 1.09 bits per heavy atom. The summed E-state index contributed by atoms with van der Waals surface area (Å²) in [6.45, 7) is -0.232. The smallest absolute Gasteiger partial charge is 0.326 e. The van der Waals surface area contributed by atoms with Gasteiger partial charge >= 0.3 is 12.0 Å². The number of aliphatic carboxylic acids is 1. The molecule has 0 saturated carbocycles. The molecule has 0 spiro atoms. The second kappa shape index (κ2) is 9.55. The van der Waals surface area contributed by atoms with Gasteiger partial charge in [-0.1, -0.05) is 42.5 Å². The van der Waals surface area contributed by atoms with E-state index in [9.17, 15) is 19.5 Å². The number of aromatic nitrogens is 1. The normalized spacial score (nSPS) is 16.1. The molecular formula is C24H26N4O4. The summed E-state index contributed by atoms with van der Waals surface area (Å²) >= 11 is 0. The van der Waals surface area contributed by atoms with E-state index in [4.69, 9.17) is 0 Å². The van der Waals surface area contributed by atoms with Gasteiger partial charge < -0.3 is 26.0 Å². The lowest BCUT2D eigenvalue weighted by atomic mass is 9.88. The van der Waals surface area contributed by atoms with E-state index in [1.165, 1.54) is 5.56 Å². The number of rotatable bonds is 7. The maximum absolute atomic E-state index is 12.4. The van der Waals surface area contributed by atoms with Crippen molar-refractivity contribution in [2.45, 2.75) is 37.8 Å². The Morgan fingerprint density at radius 2 is 1.88 bits per heavy atom. The topological polar surface area (TPSA) is 123 Å². The first-order valence-electron chi connectivity index (χ1n) is 10.7. The fourth-order valence-electron chi connectivity index (χ4n) is 4.24. The van der Waals surface area contributed by atoms with Crippen LogP contribution in [0.15, 0.2) is 54.7 Å². The van der Waals surface area contributed by atoms with Crippen molar-refractivity contribution in [2.75, 3.05) is 6.54 Å². The monoisotopic (exact) mass is 434 g/mol. The van der Waals surface area contributed by atoms with Gasteiger partial charge in [-0.25, -0.2) is 9.59 Å². The lowest BCUT2D eigenvalue weighted by molar-refractivity contribution is -0.139. The second-order valence-electron chi connectivity index (χ2n) is 7.99. The summed E-state index contributed by atoms with van der Waals surface area (Å²) in [6.07, 6.45) is 4.70. The molecule has 5 N–H and O–H groups in total. The first kappa shape index (κ1) is 21.4. The number of benzene rings is 2. The van der Waals surface area contributed by atoms with Gasteiger partial charge in [-0.15, -0.1) is 0 Å². The highest BCUT2D eigenvalue weighted by Crippen LogP contribution is 2.29. The third kappa shape index (κ3) is 4.91. The number of para-hydroxylation sites is 1. The van der Waals surface area contributed by atoms with Crippen molar-refractivity contribution < 1.29 is 19.5 Å². The van der Waals surface area contributed by atoms with Crippen molar-refractivity contribution in [3.05, 3.63) is 71.4 Å². The van der Waals surface area contributed by atoms with Crippen LogP contribution < -0.4 is 16.0 Å². The third-order valence-electron chi connectivity index (χ3n) is 5.82. The van der Waals surface area contributed by atoms with Crippen molar-refractivity contribution in [1.29, 1.82) is 0 Å². The van der Waals surface area contributed by atoms with Crippen LogP contribution in [0.3, 0.4) is 0 Å². The SMILES string of the molecule is O=C(CNC(=O)N[C@H](Cc1c[nH]c2ccccc12)C(=O)O)N[C@H]1CCCc2ccccc21. The number of urea groups is 1. The maximum Gasteiger partial charge on any atom is 0.326 e. The van der Waals surface area contributed by atoms with Gasteiger partial charge in [0.15, 0.2) is 0 Å². The first-order chi connectivity index (χ1) is 15.5. The van der Waals surface area contributed by atoms with Crippen molar-refractivity contribution in [2.24, 2.45) is 0 Å². The maximum atomic E-state index is 12.4. The van der Waals surface area contributed by atoms with Crippen molar-refractivity contribution >= 4 is 28.8 Å². The van der Waals surface area contributed by atoms with E-state index >= 15 is 0 Å². The number of amides is 3. The summed E-state index contributed by atoms with van der Waals surface area (Å²) in [5, 5.41) is 18.3. The molecule has 0 bridgehead atoms. The zero-order chi connectivity index (χ0) is 22.5. The van der Waals surface area contributed by atoms with Gasteiger partial charge in [0.2, 0.25) is 5.91 Å². The number of hydrogen-bond donors (Lipinski definition) is 5. The van der Waals surface area contributed by atoms with Crippen LogP contribution in [0.4, 0.5) is 4.79 Å². The number of carboxylic acid groups (broad SMARTS) is 1. The molecule has 8 heteroatoms. The van der Waals surface area contributed by atoms with Crippen LogP contribution in [0.5, 0.6) is 0 Å². The molecule has 1 aliphatic rings. The number of aryl methyl sites for hydroxylation is 1. The lowest BCUT2D eigenvalue weighted by Gasteiger charge is -2.26. The van der Waals surface area contributed by atoms with E-state index < -0.39 is 18.0 Å². The average Bonchev–Trinajstić information content (AvgIpc) is 3.20. The Kier molecular flexibility index (Phi) is 6.39. The molecule has 8 nitrogen and oxygen atoms in total. The van der Waals surface area contributed by atoms with E-state index in [1.807, 2.05) is 42.5 Å². The number of carboxylic acids is 1. The highest BCUT2D eigenvalue weighted by atomic mass is 16.4. The van der Waals surface area contributed by atoms with Crippen LogP contribution in [0.1, 0.15) is 35.6 Å². The van der Waals surface area contributed by atoms with Crippen molar-refractivity contribution in [1.82, 2.24) is 20.9 Å². The molecule has 1 aliphatic carbocycles. The Balaban J connectivity index is 1.30. The molecule has 3 amide bonds. The Labute approximate surface area is 185 Å². The fraction of sp³-hybridized carbons (Fsp3) is 0.292. The summed E-state index contributed by atoms with van der Waals surface area (Å²) in [4.78, 5) is 39.4. The van der Waals surface area contributed by atoms with Crippen LogP contribution in [0, 0.1) is 0 Å². The molecular weight excluding hydrogens is 408 g/mol. The number of aromatic amines is 1. The molecule has 0 aliphatic heterocycles. The molecule has 2 aromatic carbocycles. The molecule has 1 heterocycles. The minimum atomic E-state index is -1.14. The second-order valence-corrected chi connectivity index (χ2v) is 7.99. The Bertz CT molecular complexity index is 1140. The fourth-order valence-corrected chi connectivity index (χ4v) is 4.24. The Hall–Kier alpha value is -3.81. The zero-order valence-corrected chi connectivity index (χ0v) is 17.6. The summed E-state index contributed by atoms with van der Waals surface area (Å²) in [7, 11) is 0. The number of hydrogen-bond acceptors (Lipinski definition) is 3. The van der Waals surface area contributed by atoms with Crippen molar-refractivity contribution in [3.63, 3.8) is 0 Å². The van der Waals surface area contributed by atoms with Crippen LogP contribution in [0.25, 0.3) is 10.9 Å². The molecule has 0 unspecified atom stereocenters. The van der Waals surface area contributed by atoms with Gasteiger partial charge in [0.05, 0.1) is 12.6 Å². The van der Waals surface area contributed by atoms with Gasteiger partial charge in [-0.3, -0.25) is 4.79 Å². The first-order valence-corrected chi connectivity index (χ1v) is 10.7. The minimum absolute atomic E-state index is 0.0778. The number of carbonyl (C=O) groups excluding carboxylic acids is 2. The predicted octanol–water partition coefficient (Wildman–Crippen LogP) is 2.66. The van der Waals surface area contributed by atoms with Gasteiger partial charge in [0, 0.05) is 23.5 Å². The molecule has 2 atom stereocenters. The third-order valence-corrected chi connectivity index (χ3v) is 5.82. The molecule has 0 fully saturated rings. The molecule has 1 aromatic heterocycles. The van der Waals surface area contributed by atoms with Crippen LogP contribution in [-0.4, -0.2) is 40.6 Å². The molecule has 0 radical (unpaired) electrons. The predicted molar refractivity (Wildman–Crippen MR) is 120 cm³/mol.